The molecule has 1 aliphatic heterocycles. The van der Waals surface area contributed by atoms with Crippen LogP contribution < -0.4 is 0 Å². The molecule has 1 heterocycles. The minimum absolute atomic E-state index is 0.231. The summed E-state index contributed by atoms with van der Waals surface area (Å²) < 4.78 is 26.4. The van der Waals surface area contributed by atoms with Crippen molar-refractivity contribution in [2.45, 2.75) is 62.7 Å². The van der Waals surface area contributed by atoms with Crippen LogP contribution in [0.15, 0.2) is 0 Å². The molecule has 1 saturated heterocycles. The Labute approximate surface area is 104 Å². The van der Waals surface area contributed by atoms with Gasteiger partial charge in [-0.3, -0.25) is 0 Å². The molecule has 1 saturated carbocycles. The zero-order chi connectivity index (χ0) is 12.3. The molecule has 0 bridgehead atoms. The smallest absolute Gasteiger partial charge is 0.212 e. The Morgan fingerprint density at radius 1 is 1.00 bits per heavy atom. The Balaban J connectivity index is 2.15. The van der Waals surface area contributed by atoms with E-state index in [0.717, 1.165) is 44.9 Å². The van der Waals surface area contributed by atoms with Gasteiger partial charge in [-0.05, 0) is 32.1 Å². The Hall–Kier alpha value is -0.600. The summed E-state index contributed by atoms with van der Waals surface area (Å²) in [6.07, 6.45) is 7.27. The minimum Gasteiger partial charge on any atom is -0.212 e. The monoisotopic (exact) mass is 256 g/mol. The van der Waals surface area contributed by atoms with Gasteiger partial charge in [-0.2, -0.15) is 9.57 Å². The van der Waals surface area contributed by atoms with Crippen molar-refractivity contribution in [2.75, 3.05) is 6.54 Å². The van der Waals surface area contributed by atoms with E-state index < -0.39 is 16.1 Å². The Kier molecular flexibility index (Phi) is 4.05. The molecule has 2 rings (SSSR count). The predicted molar refractivity (Wildman–Crippen MR) is 65.8 cm³/mol. The maximum Gasteiger partial charge on any atom is 0.218 e. The average molecular weight is 256 g/mol. The first-order valence-corrected chi connectivity index (χ1v) is 8.07. The second kappa shape index (κ2) is 5.36. The summed E-state index contributed by atoms with van der Waals surface area (Å²) in [6, 6.07) is 1.73. The van der Waals surface area contributed by atoms with E-state index in [-0.39, 0.29) is 5.25 Å². The number of nitriles is 1. The summed E-state index contributed by atoms with van der Waals surface area (Å²) in [5, 5.41) is 8.84. The van der Waals surface area contributed by atoms with Crippen molar-refractivity contribution in [3.05, 3.63) is 0 Å². The predicted octanol–water partition coefficient (Wildman–Crippen LogP) is 2.03. The molecule has 1 unspecified atom stereocenters. The molecule has 17 heavy (non-hydrogen) atoms. The fourth-order valence-electron chi connectivity index (χ4n) is 2.89. The van der Waals surface area contributed by atoms with E-state index in [2.05, 4.69) is 6.07 Å². The van der Waals surface area contributed by atoms with Crippen molar-refractivity contribution < 1.29 is 8.42 Å². The van der Waals surface area contributed by atoms with Crippen LogP contribution in [-0.4, -0.2) is 30.6 Å². The molecule has 96 valence electrons. The second-order valence-corrected chi connectivity index (χ2v) is 7.22. The number of nitrogens with zero attached hydrogens (tertiary/aromatic N) is 2. The van der Waals surface area contributed by atoms with Crippen LogP contribution in [0.4, 0.5) is 0 Å². The molecule has 1 atom stereocenters. The fourth-order valence-corrected chi connectivity index (χ4v) is 5.10. The minimum atomic E-state index is -3.24. The van der Waals surface area contributed by atoms with Gasteiger partial charge in [-0.25, -0.2) is 8.42 Å². The van der Waals surface area contributed by atoms with E-state index in [1.807, 2.05) is 0 Å². The highest BCUT2D eigenvalue weighted by molar-refractivity contribution is 7.89. The van der Waals surface area contributed by atoms with Gasteiger partial charge in [0, 0.05) is 6.54 Å². The van der Waals surface area contributed by atoms with Gasteiger partial charge >= 0.3 is 0 Å². The van der Waals surface area contributed by atoms with E-state index in [1.54, 1.807) is 0 Å². The lowest BCUT2D eigenvalue weighted by molar-refractivity contribution is 0.289. The second-order valence-electron chi connectivity index (χ2n) is 5.06. The average Bonchev–Trinajstić information content (AvgIpc) is 2.39. The molecule has 0 radical (unpaired) electrons. The molecular formula is C12H20N2O2S. The van der Waals surface area contributed by atoms with Crippen molar-refractivity contribution >= 4 is 10.0 Å². The molecular weight excluding hydrogens is 236 g/mol. The summed E-state index contributed by atoms with van der Waals surface area (Å²) in [5.74, 6) is 0. The van der Waals surface area contributed by atoms with Crippen molar-refractivity contribution in [3.63, 3.8) is 0 Å². The molecule has 0 aromatic rings. The van der Waals surface area contributed by atoms with Gasteiger partial charge in [-0.15, -0.1) is 0 Å². The van der Waals surface area contributed by atoms with Gasteiger partial charge in [0.1, 0.15) is 6.04 Å². The lowest BCUT2D eigenvalue weighted by Crippen LogP contribution is -2.47. The molecule has 0 aromatic heterocycles. The number of hydrogen-bond acceptors (Lipinski definition) is 3. The third-order valence-corrected chi connectivity index (χ3v) is 6.31. The van der Waals surface area contributed by atoms with E-state index in [0.29, 0.717) is 13.0 Å². The highest BCUT2D eigenvalue weighted by Gasteiger charge is 2.38. The first-order valence-electron chi connectivity index (χ1n) is 6.56. The van der Waals surface area contributed by atoms with Crippen LogP contribution in [0.2, 0.25) is 0 Å². The van der Waals surface area contributed by atoms with Gasteiger partial charge in [0.15, 0.2) is 0 Å². The highest BCUT2D eigenvalue weighted by atomic mass is 32.2. The third-order valence-electron chi connectivity index (χ3n) is 3.90. The van der Waals surface area contributed by atoms with E-state index in [4.69, 9.17) is 5.26 Å². The molecule has 0 aromatic carbocycles. The number of rotatable bonds is 2. The Morgan fingerprint density at radius 3 is 2.29 bits per heavy atom. The van der Waals surface area contributed by atoms with Gasteiger partial charge in [-0.1, -0.05) is 19.3 Å². The Morgan fingerprint density at radius 2 is 1.65 bits per heavy atom. The molecule has 0 N–H and O–H groups in total. The maximum atomic E-state index is 12.5. The summed E-state index contributed by atoms with van der Waals surface area (Å²) >= 11 is 0. The van der Waals surface area contributed by atoms with Crippen LogP contribution in [-0.2, 0) is 10.0 Å². The first kappa shape index (κ1) is 12.8. The van der Waals surface area contributed by atoms with Crippen LogP contribution in [0.5, 0.6) is 0 Å². The first-order chi connectivity index (χ1) is 8.16. The van der Waals surface area contributed by atoms with Crippen molar-refractivity contribution in [3.8, 4) is 6.07 Å². The Bertz CT molecular complexity index is 393. The molecule has 0 spiro atoms. The lowest BCUT2D eigenvalue weighted by Gasteiger charge is -2.34. The molecule has 0 amide bonds. The molecule has 2 fully saturated rings. The zero-order valence-corrected chi connectivity index (χ0v) is 11.0. The molecule has 1 aliphatic carbocycles. The standard InChI is InChI=1S/C12H20N2O2S/c13-10-11-6-4-5-9-14(11)17(15,16)12-7-2-1-3-8-12/h11-12H,1-9H2. The van der Waals surface area contributed by atoms with Crippen LogP contribution in [0.1, 0.15) is 51.4 Å². The summed E-state index contributed by atoms with van der Waals surface area (Å²) in [7, 11) is -3.24. The quantitative estimate of drug-likeness (QED) is 0.759. The largest absolute Gasteiger partial charge is 0.218 e. The van der Waals surface area contributed by atoms with E-state index in [1.165, 1.54) is 4.31 Å². The third kappa shape index (κ3) is 2.63. The van der Waals surface area contributed by atoms with Crippen molar-refractivity contribution in [1.29, 1.82) is 5.26 Å². The van der Waals surface area contributed by atoms with Gasteiger partial charge in [0.2, 0.25) is 10.0 Å². The topological polar surface area (TPSA) is 61.2 Å². The number of hydrogen-bond donors (Lipinski definition) is 0. The lowest BCUT2D eigenvalue weighted by atomic mass is 10.0. The van der Waals surface area contributed by atoms with Gasteiger partial charge < -0.3 is 0 Å². The van der Waals surface area contributed by atoms with E-state index in [9.17, 15) is 8.42 Å². The van der Waals surface area contributed by atoms with Gasteiger partial charge in [0.25, 0.3) is 0 Å². The fraction of sp³-hybridized carbons (Fsp3) is 0.917. The molecule has 2 aliphatic rings. The number of piperidine rings is 1. The highest BCUT2D eigenvalue weighted by Crippen LogP contribution is 2.29. The summed E-state index contributed by atoms with van der Waals surface area (Å²) in [6.45, 7) is 0.539. The zero-order valence-electron chi connectivity index (χ0n) is 10.1. The summed E-state index contributed by atoms with van der Waals surface area (Å²) in [4.78, 5) is 0. The maximum absolute atomic E-state index is 12.5. The van der Waals surface area contributed by atoms with E-state index >= 15 is 0 Å². The van der Waals surface area contributed by atoms with Gasteiger partial charge in [0.05, 0.1) is 11.3 Å². The van der Waals surface area contributed by atoms with Crippen molar-refractivity contribution in [1.82, 2.24) is 4.31 Å². The van der Waals surface area contributed by atoms with Crippen LogP contribution in [0.25, 0.3) is 0 Å². The SMILES string of the molecule is N#CC1CCCCN1S(=O)(=O)C1CCCCC1. The number of sulfonamides is 1. The molecule has 5 heteroatoms. The van der Waals surface area contributed by atoms with Crippen LogP contribution >= 0.6 is 0 Å². The summed E-state index contributed by atoms with van der Waals surface area (Å²) in [5.41, 5.74) is 0. The normalized spacial score (nSPS) is 28.8. The van der Waals surface area contributed by atoms with Crippen molar-refractivity contribution in [2.24, 2.45) is 0 Å². The van der Waals surface area contributed by atoms with Crippen LogP contribution in [0, 0.1) is 11.3 Å². The molecule has 4 nitrogen and oxygen atoms in total. The van der Waals surface area contributed by atoms with Crippen LogP contribution in [0.3, 0.4) is 0 Å².